The standard InChI is InChI=1S/C17H26N2O/c1-3-13(4-2)15(14-8-6-5-7-9-14)19-16(20)17(12-18)10-11-17/h5-9,13,15H,3-4,10-12,18H2,1-2H3,(H,19,20). The Morgan fingerprint density at radius 1 is 1.25 bits per heavy atom. The summed E-state index contributed by atoms with van der Waals surface area (Å²) in [6.07, 6.45) is 3.98. The smallest absolute Gasteiger partial charge is 0.227 e. The minimum Gasteiger partial charge on any atom is -0.348 e. The van der Waals surface area contributed by atoms with E-state index in [0.29, 0.717) is 12.5 Å². The van der Waals surface area contributed by atoms with Crippen LogP contribution in [0, 0.1) is 11.3 Å². The van der Waals surface area contributed by atoms with Crippen molar-refractivity contribution in [3.8, 4) is 0 Å². The molecule has 2 rings (SSSR count). The Morgan fingerprint density at radius 2 is 1.85 bits per heavy atom. The van der Waals surface area contributed by atoms with Gasteiger partial charge < -0.3 is 11.1 Å². The lowest BCUT2D eigenvalue weighted by Gasteiger charge is -2.28. The lowest BCUT2D eigenvalue weighted by atomic mass is 9.88. The Labute approximate surface area is 121 Å². The van der Waals surface area contributed by atoms with Crippen LogP contribution in [-0.2, 0) is 4.79 Å². The van der Waals surface area contributed by atoms with Gasteiger partial charge in [-0.25, -0.2) is 0 Å². The van der Waals surface area contributed by atoms with E-state index < -0.39 is 0 Å². The molecular weight excluding hydrogens is 248 g/mol. The van der Waals surface area contributed by atoms with Gasteiger partial charge in [-0.1, -0.05) is 57.0 Å². The van der Waals surface area contributed by atoms with E-state index in [9.17, 15) is 4.79 Å². The van der Waals surface area contributed by atoms with Gasteiger partial charge in [-0.2, -0.15) is 0 Å². The van der Waals surface area contributed by atoms with Gasteiger partial charge >= 0.3 is 0 Å². The van der Waals surface area contributed by atoms with Crippen molar-refractivity contribution >= 4 is 5.91 Å². The molecule has 110 valence electrons. The third-order valence-corrected chi connectivity index (χ3v) is 4.69. The molecule has 1 aliphatic carbocycles. The molecule has 0 radical (unpaired) electrons. The molecule has 0 spiro atoms. The van der Waals surface area contributed by atoms with E-state index in [1.165, 1.54) is 5.56 Å². The molecule has 3 heteroatoms. The van der Waals surface area contributed by atoms with Crippen LogP contribution in [0.2, 0.25) is 0 Å². The van der Waals surface area contributed by atoms with Crippen molar-refractivity contribution in [1.29, 1.82) is 0 Å². The minimum absolute atomic E-state index is 0.0997. The summed E-state index contributed by atoms with van der Waals surface area (Å²) >= 11 is 0. The molecular formula is C17H26N2O. The van der Waals surface area contributed by atoms with Crippen molar-refractivity contribution in [2.75, 3.05) is 6.54 Å². The summed E-state index contributed by atoms with van der Waals surface area (Å²) in [6.45, 7) is 4.83. The molecule has 1 aliphatic rings. The van der Waals surface area contributed by atoms with Crippen LogP contribution in [0.4, 0.5) is 0 Å². The Morgan fingerprint density at radius 3 is 2.30 bits per heavy atom. The molecule has 0 aromatic heterocycles. The number of rotatable bonds is 7. The zero-order valence-corrected chi connectivity index (χ0v) is 12.6. The molecule has 1 saturated carbocycles. The highest BCUT2D eigenvalue weighted by Gasteiger charge is 2.49. The average molecular weight is 274 g/mol. The molecule has 0 bridgehead atoms. The molecule has 1 unspecified atom stereocenters. The summed E-state index contributed by atoms with van der Waals surface area (Å²) in [6, 6.07) is 10.4. The second kappa shape index (κ2) is 6.40. The molecule has 1 aromatic rings. The highest BCUT2D eigenvalue weighted by Crippen LogP contribution is 2.45. The Hall–Kier alpha value is -1.35. The number of nitrogens with one attached hydrogen (secondary N) is 1. The fourth-order valence-electron chi connectivity index (χ4n) is 2.86. The molecule has 3 nitrogen and oxygen atoms in total. The Balaban J connectivity index is 2.17. The summed E-state index contributed by atoms with van der Waals surface area (Å²) in [7, 11) is 0. The second-order valence-electron chi connectivity index (χ2n) is 5.92. The monoisotopic (exact) mass is 274 g/mol. The summed E-state index contributed by atoms with van der Waals surface area (Å²) in [5, 5.41) is 3.27. The molecule has 1 atom stereocenters. The summed E-state index contributed by atoms with van der Waals surface area (Å²) in [5.74, 6) is 0.607. The van der Waals surface area contributed by atoms with Crippen LogP contribution in [0.15, 0.2) is 30.3 Å². The van der Waals surface area contributed by atoms with E-state index >= 15 is 0 Å². The molecule has 1 aromatic carbocycles. The van der Waals surface area contributed by atoms with E-state index in [4.69, 9.17) is 5.73 Å². The number of nitrogens with two attached hydrogens (primary N) is 1. The van der Waals surface area contributed by atoms with Crippen LogP contribution < -0.4 is 11.1 Å². The largest absolute Gasteiger partial charge is 0.348 e. The minimum atomic E-state index is -0.279. The van der Waals surface area contributed by atoms with Crippen molar-refractivity contribution in [3.63, 3.8) is 0 Å². The molecule has 0 aliphatic heterocycles. The van der Waals surface area contributed by atoms with Crippen molar-refractivity contribution in [2.24, 2.45) is 17.1 Å². The zero-order valence-electron chi connectivity index (χ0n) is 12.6. The summed E-state index contributed by atoms with van der Waals surface area (Å²) in [5.41, 5.74) is 6.68. The third kappa shape index (κ3) is 3.04. The van der Waals surface area contributed by atoms with Crippen LogP contribution in [0.25, 0.3) is 0 Å². The Kier molecular flexibility index (Phi) is 4.81. The number of carbonyl (C=O) groups excluding carboxylic acids is 1. The van der Waals surface area contributed by atoms with E-state index in [0.717, 1.165) is 25.7 Å². The van der Waals surface area contributed by atoms with E-state index in [2.05, 4.69) is 31.3 Å². The maximum atomic E-state index is 12.5. The van der Waals surface area contributed by atoms with Gasteiger partial charge in [-0.05, 0) is 24.3 Å². The first kappa shape index (κ1) is 15.0. The van der Waals surface area contributed by atoms with Crippen LogP contribution >= 0.6 is 0 Å². The predicted octanol–water partition coefficient (Wildman–Crippen LogP) is 3.02. The second-order valence-corrected chi connectivity index (χ2v) is 5.92. The highest BCUT2D eigenvalue weighted by atomic mass is 16.2. The fourth-order valence-corrected chi connectivity index (χ4v) is 2.86. The van der Waals surface area contributed by atoms with Gasteiger partial charge in [0.2, 0.25) is 5.91 Å². The van der Waals surface area contributed by atoms with Crippen molar-refractivity contribution in [2.45, 2.75) is 45.6 Å². The fraction of sp³-hybridized carbons (Fsp3) is 0.588. The number of benzene rings is 1. The van der Waals surface area contributed by atoms with Crippen molar-refractivity contribution in [1.82, 2.24) is 5.32 Å². The van der Waals surface area contributed by atoms with Gasteiger partial charge in [0.1, 0.15) is 0 Å². The molecule has 3 N–H and O–H groups in total. The van der Waals surface area contributed by atoms with Gasteiger partial charge in [0, 0.05) is 6.54 Å². The SMILES string of the molecule is CCC(CC)C(NC(=O)C1(CN)CC1)c1ccccc1. The number of hydrogen-bond donors (Lipinski definition) is 2. The van der Waals surface area contributed by atoms with Gasteiger partial charge in [0.15, 0.2) is 0 Å². The number of carbonyl (C=O) groups is 1. The van der Waals surface area contributed by atoms with Crippen molar-refractivity contribution in [3.05, 3.63) is 35.9 Å². The van der Waals surface area contributed by atoms with Gasteiger partial charge in [0.25, 0.3) is 0 Å². The van der Waals surface area contributed by atoms with E-state index in [1.54, 1.807) is 0 Å². The highest BCUT2D eigenvalue weighted by molar-refractivity contribution is 5.86. The molecule has 0 saturated heterocycles. The van der Waals surface area contributed by atoms with Gasteiger partial charge in [0.05, 0.1) is 11.5 Å². The average Bonchev–Trinajstić information content (AvgIpc) is 3.29. The predicted molar refractivity (Wildman–Crippen MR) is 82.1 cm³/mol. The van der Waals surface area contributed by atoms with E-state index in [-0.39, 0.29) is 17.4 Å². The molecule has 1 amide bonds. The summed E-state index contributed by atoms with van der Waals surface area (Å²) < 4.78 is 0. The first-order valence-electron chi connectivity index (χ1n) is 7.73. The number of amides is 1. The maximum Gasteiger partial charge on any atom is 0.227 e. The summed E-state index contributed by atoms with van der Waals surface area (Å²) in [4.78, 5) is 12.5. The quantitative estimate of drug-likeness (QED) is 0.803. The normalized spacial score (nSPS) is 17.8. The first-order chi connectivity index (χ1) is 9.66. The zero-order chi connectivity index (χ0) is 14.6. The van der Waals surface area contributed by atoms with Gasteiger partial charge in [-0.3, -0.25) is 4.79 Å². The first-order valence-corrected chi connectivity index (χ1v) is 7.73. The number of hydrogen-bond acceptors (Lipinski definition) is 2. The van der Waals surface area contributed by atoms with Crippen LogP contribution in [0.1, 0.15) is 51.1 Å². The lowest BCUT2D eigenvalue weighted by molar-refractivity contribution is -0.127. The molecule has 0 heterocycles. The molecule has 1 fully saturated rings. The van der Waals surface area contributed by atoms with Crippen LogP contribution in [0.5, 0.6) is 0 Å². The van der Waals surface area contributed by atoms with Crippen LogP contribution in [-0.4, -0.2) is 12.5 Å². The lowest BCUT2D eigenvalue weighted by Crippen LogP contribution is -2.41. The maximum absolute atomic E-state index is 12.5. The Bertz CT molecular complexity index is 436. The topological polar surface area (TPSA) is 55.1 Å². The van der Waals surface area contributed by atoms with Gasteiger partial charge in [-0.15, -0.1) is 0 Å². The van der Waals surface area contributed by atoms with Crippen LogP contribution in [0.3, 0.4) is 0 Å². The van der Waals surface area contributed by atoms with Crippen molar-refractivity contribution < 1.29 is 4.79 Å². The third-order valence-electron chi connectivity index (χ3n) is 4.69. The van der Waals surface area contributed by atoms with E-state index in [1.807, 2.05) is 18.2 Å². The molecule has 20 heavy (non-hydrogen) atoms.